The van der Waals surface area contributed by atoms with Gasteiger partial charge in [-0.2, -0.15) is 79.0 Å². The molecule has 0 aromatic rings. The van der Waals surface area contributed by atoms with Crippen LogP contribution in [0, 0.1) is 0 Å². The number of halogens is 19. The zero-order valence-corrected chi connectivity index (χ0v) is 15.2. The molecule has 0 bridgehead atoms. The van der Waals surface area contributed by atoms with Crippen molar-refractivity contribution < 1.29 is 92.9 Å². The molecule has 0 aliphatic rings. The second-order valence-corrected chi connectivity index (χ2v) is 6.21. The summed E-state index contributed by atoms with van der Waals surface area (Å²) in [4.78, 5) is 10.8. The molecule has 0 spiro atoms. The Morgan fingerprint density at radius 3 is 1.06 bits per heavy atom. The predicted octanol–water partition coefficient (Wildman–Crippen LogP) is 6.71. The first kappa shape index (κ1) is 31.9. The van der Waals surface area contributed by atoms with Crippen LogP contribution in [-0.4, -0.2) is 59.7 Å². The lowest BCUT2D eigenvalue weighted by Gasteiger charge is -2.44. The van der Waals surface area contributed by atoms with Crippen molar-refractivity contribution in [3.8, 4) is 0 Å². The molecule has 0 aliphatic carbocycles. The minimum absolute atomic E-state index is 0.327. The Hall–Kier alpha value is -2.12. The third kappa shape index (κ3) is 4.01. The topological polar surface area (TPSA) is 26.3 Å². The van der Waals surface area contributed by atoms with Crippen molar-refractivity contribution in [2.45, 2.75) is 60.7 Å². The van der Waals surface area contributed by atoms with Gasteiger partial charge in [-0.25, -0.2) is 9.18 Å². The lowest BCUT2D eigenvalue weighted by atomic mass is 9.84. The zero-order chi connectivity index (χ0) is 28.4. The highest BCUT2D eigenvalue weighted by atomic mass is 19.4. The summed E-state index contributed by atoms with van der Waals surface area (Å²) in [6, 6.07) is 0. The average Bonchev–Trinajstić information content (AvgIpc) is 2.57. The molecule has 21 heteroatoms. The van der Waals surface area contributed by atoms with Crippen LogP contribution < -0.4 is 0 Å². The summed E-state index contributed by atoms with van der Waals surface area (Å²) in [5.41, 5.74) is -10.2. The summed E-state index contributed by atoms with van der Waals surface area (Å²) in [6.07, 6.45) is -24.0. The van der Waals surface area contributed by atoms with Crippen molar-refractivity contribution in [3.05, 3.63) is 12.2 Å². The molecule has 0 saturated carbocycles. The van der Waals surface area contributed by atoms with Crippen LogP contribution in [0.25, 0.3) is 0 Å². The quantitative estimate of drug-likeness (QED) is 0.190. The molecule has 0 aliphatic heterocycles. The van der Waals surface area contributed by atoms with Crippen LogP contribution >= 0.6 is 0 Å². The monoisotopic (exact) mass is 554 g/mol. The molecule has 0 amide bonds. The van der Waals surface area contributed by atoms with Gasteiger partial charge in [-0.05, 0) is 6.92 Å². The molecule has 34 heavy (non-hydrogen) atoms. The van der Waals surface area contributed by atoms with Crippen molar-refractivity contribution >= 4 is 5.97 Å². The number of carbonyl (C=O) groups is 1. The van der Waals surface area contributed by atoms with Gasteiger partial charge in [0.2, 0.25) is 0 Å². The molecule has 0 unspecified atom stereocenters. The molecule has 202 valence electrons. The van der Waals surface area contributed by atoms with Gasteiger partial charge in [0.15, 0.2) is 0 Å². The fourth-order valence-corrected chi connectivity index (χ4v) is 1.77. The third-order valence-corrected chi connectivity index (χ3v) is 3.73. The summed E-state index contributed by atoms with van der Waals surface area (Å²) in [6.45, 7) is 2.74. The van der Waals surface area contributed by atoms with Crippen molar-refractivity contribution in [2.75, 3.05) is 0 Å². The van der Waals surface area contributed by atoms with Crippen molar-refractivity contribution in [1.82, 2.24) is 0 Å². The molecule has 0 heterocycles. The maximum atomic E-state index is 13.5. The third-order valence-electron chi connectivity index (χ3n) is 3.73. The summed E-state index contributed by atoms with van der Waals surface area (Å²) in [7, 11) is 0. The van der Waals surface area contributed by atoms with Crippen LogP contribution in [0.5, 0.6) is 0 Å². The average molecular weight is 554 g/mol. The van der Waals surface area contributed by atoms with Gasteiger partial charge in [0.1, 0.15) is 0 Å². The Balaban J connectivity index is 7.05. The molecule has 0 N–H and O–H groups in total. The van der Waals surface area contributed by atoms with Crippen molar-refractivity contribution in [1.29, 1.82) is 0 Å². The van der Waals surface area contributed by atoms with E-state index in [0.29, 0.717) is 6.92 Å². The van der Waals surface area contributed by atoms with E-state index in [1.54, 1.807) is 0 Å². The van der Waals surface area contributed by atoms with Gasteiger partial charge >= 0.3 is 59.7 Å². The van der Waals surface area contributed by atoms with Crippen LogP contribution in [-0.2, 0) is 9.53 Å². The Morgan fingerprint density at radius 1 is 0.529 bits per heavy atom. The molecule has 2 nitrogen and oxygen atoms in total. The first-order valence-electron chi connectivity index (χ1n) is 7.31. The van der Waals surface area contributed by atoms with Gasteiger partial charge < -0.3 is 4.74 Å². The van der Waals surface area contributed by atoms with Crippen LogP contribution in [0.4, 0.5) is 83.4 Å². The van der Waals surface area contributed by atoms with E-state index in [1.807, 2.05) is 0 Å². The molecule has 0 rings (SSSR count). The highest BCUT2D eigenvalue weighted by molar-refractivity contribution is 5.87. The van der Waals surface area contributed by atoms with E-state index in [2.05, 4.69) is 11.3 Å². The van der Waals surface area contributed by atoms with Gasteiger partial charge in [-0.15, -0.1) is 0 Å². The van der Waals surface area contributed by atoms with E-state index >= 15 is 0 Å². The Morgan fingerprint density at radius 2 is 0.794 bits per heavy atom. The van der Waals surface area contributed by atoms with Gasteiger partial charge in [0.05, 0.1) is 0 Å². The standard InChI is InChI=1S/C13H5F19O2/c1-3(2)4(33)34-13(31,32)10(23,24)9(21,22)8(19,20)7(17,18)6(15,16)5(14,11(25,26)27)12(28,29)30/h1H2,2H3. The number of ether oxygens (including phenoxy) is 1. The fraction of sp³-hybridized carbons (Fsp3) is 0.769. The summed E-state index contributed by atoms with van der Waals surface area (Å²) in [5.74, 6) is -47.0. The Kier molecular flexibility index (Phi) is 7.46. The Labute approximate surface area is 173 Å². The smallest absolute Gasteiger partial charge is 0.393 e. The van der Waals surface area contributed by atoms with Crippen molar-refractivity contribution in [3.63, 3.8) is 0 Å². The minimum atomic E-state index is -9.12. The largest absolute Gasteiger partial charge is 0.473 e. The minimum Gasteiger partial charge on any atom is -0.393 e. The molecule has 0 aromatic heterocycles. The second-order valence-electron chi connectivity index (χ2n) is 6.21. The van der Waals surface area contributed by atoms with Crippen molar-refractivity contribution in [2.24, 2.45) is 0 Å². The van der Waals surface area contributed by atoms with E-state index in [4.69, 9.17) is 0 Å². The first-order valence-corrected chi connectivity index (χ1v) is 7.31. The van der Waals surface area contributed by atoms with Crippen LogP contribution in [0.1, 0.15) is 6.92 Å². The number of hydrogen-bond acceptors (Lipinski definition) is 2. The highest BCUT2D eigenvalue weighted by Crippen LogP contribution is 2.66. The van der Waals surface area contributed by atoms with Gasteiger partial charge in [-0.1, -0.05) is 6.58 Å². The SMILES string of the molecule is C=C(C)C(=O)OC(F)(F)C(F)(F)C(F)(F)C(F)(F)C(F)(F)C(F)(F)C(F)(C(F)(F)F)C(F)(F)F. The number of esters is 1. The molecule has 0 radical (unpaired) electrons. The van der Waals surface area contributed by atoms with E-state index in [0.717, 1.165) is 0 Å². The lowest BCUT2D eigenvalue weighted by Crippen LogP contribution is -2.77. The number of rotatable bonds is 8. The highest BCUT2D eigenvalue weighted by Gasteiger charge is 2.98. The summed E-state index contributed by atoms with van der Waals surface area (Å²) in [5, 5.41) is 0. The van der Waals surface area contributed by atoms with Gasteiger partial charge in [0.25, 0.3) is 0 Å². The molecule has 0 aromatic carbocycles. The van der Waals surface area contributed by atoms with Crippen LogP contribution in [0.15, 0.2) is 12.2 Å². The number of hydrogen-bond donors (Lipinski definition) is 0. The van der Waals surface area contributed by atoms with Gasteiger partial charge in [-0.3, -0.25) is 0 Å². The number of carbonyl (C=O) groups excluding carboxylic acids is 1. The summed E-state index contributed by atoms with van der Waals surface area (Å²) >= 11 is 0. The Bertz CT molecular complexity index is 788. The molecular formula is C13H5F19O2. The molecule has 0 atom stereocenters. The zero-order valence-electron chi connectivity index (χ0n) is 15.2. The van der Waals surface area contributed by atoms with Crippen LogP contribution in [0.3, 0.4) is 0 Å². The molecular weight excluding hydrogens is 549 g/mol. The molecule has 0 saturated heterocycles. The van der Waals surface area contributed by atoms with E-state index in [1.165, 1.54) is 0 Å². The maximum Gasteiger partial charge on any atom is 0.473 e. The second kappa shape index (κ2) is 7.95. The fourth-order valence-electron chi connectivity index (χ4n) is 1.77. The van der Waals surface area contributed by atoms with Crippen LogP contribution in [0.2, 0.25) is 0 Å². The van der Waals surface area contributed by atoms with E-state index < -0.39 is 65.3 Å². The first-order chi connectivity index (χ1) is 14.3. The normalized spacial score (nSPS) is 15.9. The number of alkyl halides is 19. The predicted molar refractivity (Wildman–Crippen MR) is 66.5 cm³/mol. The summed E-state index contributed by atoms with van der Waals surface area (Å²) < 4.78 is 250. The maximum absolute atomic E-state index is 13.5. The van der Waals surface area contributed by atoms with E-state index in [-0.39, 0.29) is 0 Å². The van der Waals surface area contributed by atoms with Gasteiger partial charge in [0, 0.05) is 5.57 Å². The lowest BCUT2D eigenvalue weighted by molar-refractivity contribution is -0.481. The molecule has 0 fully saturated rings. The van der Waals surface area contributed by atoms with E-state index in [9.17, 15) is 88.2 Å².